The molecule has 2 N–H and O–H groups in total. The Balaban J connectivity index is 1.52. The van der Waals surface area contributed by atoms with Crippen LogP contribution in [0.15, 0.2) is 48.7 Å². The standard InChI is InChI=1S/C23H18N6O5/c1-12(30)24-15-7-3-2-5-13(15)16-11-28(27-26-16)17-8-4-6-14-20(17)23(34)29(22(14)33)18-9-10-19(31)25-21(18)32/h2-8,11,18H,9-10H2,1H3,(H,24,30)(H,25,31,32). The molecule has 170 valence electrons. The van der Waals surface area contributed by atoms with Crippen molar-refractivity contribution in [2.75, 3.05) is 5.32 Å². The van der Waals surface area contributed by atoms with E-state index in [2.05, 4.69) is 20.9 Å². The molecule has 1 aromatic heterocycles. The van der Waals surface area contributed by atoms with E-state index in [-0.39, 0.29) is 29.9 Å². The van der Waals surface area contributed by atoms with E-state index in [1.54, 1.807) is 42.6 Å². The van der Waals surface area contributed by atoms with Gasteiger partial charge in [-0.1, -0.05) is 29.5 Å². The number of fused-ring (bicyclic) bond motifs is 1. The summed E-state index contributed by atoms with van der Waals surface area (Å²) >= 11 is 0. The maximum Gasteiger partial charge on any atom is 0.264 e. The van der Waals surface area contributed by atoms with Gasteiger partial charge in [0.15, 0.2) is 0 Å². The molecule has 1 unspecified atom stereocenters. The second-order valence-corrected chi connectivity index (χ2v) is 7.92. The summed E-state index contributed by atoms with van der Waals surface area (Å²) in [6, 6.07) is 10.8. The zero-order chi connectivity index (χ0) is 24.0. The van der Waals surface area contributed by atoms with E-state index in [4.69, 9.17) is 0 Å². The van der Waals surface area contributed by atoms with Crippen LogP contribution < -0.4 is 10.6 Å². The number of rotatable bonds is 4. The zero-order valence-corrected chi connectivity index (χ0v) is 17.9. The molecule has 5 amide bonds. The van der Waals surface area contributed by atoms with Gasteiger partial charge in [-0.05, 0) is 24.6 Å². The number of hydrogen-bond acceptors (Lipinski definition) is 7. The molecule has 0 spiro atoms. The molecule has 2 aliphatic rings. The molecule has 0 bridgehead atoms. The predicted octanol–water partition coefficient (Wildman–Crippen LogP) is 1.29. The number of aromatic nitrogens is 3. The van der Waals surface area contributed by atoms with Crippen LogP contribution in [0.4, 0.5) is 5.69 Å². The van der Waals surface area contributed by atoms with Gasteiger partial charge in [0.1, 0.15) is 11.7 Å². The van der Waals surface area contributed by atoms with Crippen LogP contribution in [-0.2, 0) is 14.4 Å². The van der Waals surface area contributed by atoms with E-state index in [1.165, 1.54) is 17.7 Å². The Kier molecular flexibility index (Phi) is 5.01. The number of anilines is 1. The molecule has 1 fully saturated rings. The van der Waals surface area contributed by atoms with Crippen molar-refractivity contribution >= 4 is 35.2 Å². The number of nitrogens with zero attached hydrogens (tertiary/aromatic N) is 4. The molecular weight excluding hydrogens is 440 g/mol. The largest absolute Gasteiger partial charge is 0.326 e. The van der Waals surface area contributed by atoms with Gasteiger partial charge in [0.05, 0.1) is 28.7 Å². The quantitative estimate of drug-likeness (QED) is 0.561. The summed E-state index contributed by atoms with van der Waals surface area (Å²) in [6.07, 6.45) is 1.69. The maximum atomic E-state index is 13.3. The monoisotopic (exact) mass is 458 g/mol. The van der Waals surface area contributed by atoms with Gasteiger partial charge in [-0.25, -0.2) is 4.68 Å². The van der Waals surface area contributed by atoms with Crippen molar-refractivity contribution in [3.8, 4) is 16.9 Å². The predicted molar refractivity (Wildman–Crippen MR) is 118 cm³/mol. The summed E-state index contributed by atoms with van der Waals surface area (Å²) in [7, 11) is 0. The minimum absolute atomic E-state index is 0.0385. The third kappa shape index (κ3) is 3.43. The lowest BCUT2D eigenvalue weighted by Crippen LogP contribution is -2.54. The number of benzene rings is 2. The molecule has 5 rings (SSSR count). The molecule has 11 heteroatoms. The van der Waals surface area contributed by atoms with Crippen LogP contribution in [0.1, 0.15) is 40.5 Å². The Hall–Kier alpha value is -4.67. The molecule has 2 aromatic carbocycles. The first-order valence-electron chi connectivity index (χ1n) is 10.5. The SMILES string of the molecule is CC(=O)Nc1ccccc1-c1cn(-c2cccc3c2C(=O)N(C2CCC(=O)NC2=O)C3=O)nn1. The molecule has 1 atom stereocenters. The summed E-state index contributed by atoms with van der Waals surface area (Å²) in [4.78, 5) is 62.6. The van der Waals surface area contributed by atoms with Crippen molar-refractivity contribution in [3.05, 3.63) is 59.8 Å². The summed E-state index contributed by atoms with van der Waals surface area (Å²) in [5.74, 6) is -2.59. The van der Waals surface area contributed by atoms with Crippen LogP contribution in [0.25, 0.3) is 16.9 Å². The van der Waals surface area contributed by atoms with Gasteiger partial charge in [-0.3, -0.25) is 34.2 Å². The fourth-order valence-corrected chi connectivity index (χ4v) is 4.20. The molecule has 0 saturated carbocycles. The number of imide groups is 2. The minimum Gasteiger partial charge on any atom is -0.326 e. The van der Waals surface area contributed by atoms with Crippen LogP contribution in [0.2, 0.25) is 0 Å². The highest BCUT2D eigenvalue weighted by Crippen LogP contribution is 2.32. The first kappa shape index (κ1) is 21.2. The van der Waals surface area contributed by atoms with Crippen LogP contribution in [0.5, 0.6) is 0 Å². The van der Waals surface area contributed by atoms with Gasteiger partial charge in [0.2, 0.25) is 17.7 Å². The second-order valence-electron chi connectivity index (χ2n) is 7.92. The second kappa shape index (κ2) is 8.03. The number of carbonyl (C=O) groups is 5. The van der Waals surface area contributed by atoms with Crippen molar-refractivity contribution in [1.82, 2.24) is 25.2 Å². The third-order valence-electron chi connectivity index (χ3n) is 5.70. The first-order valence-corrected chi connectivity index (χ1v) is 10.5. The molecule has 0 radical (unpaired) electrons. The minimum atomic E-state index is -1.06. The lowest BCUT2D eigenvalue weighted by atomic mass is 10.0. The average molecular weight is 458 g/mol. The van der Waals surface area contributed by atoms with Gasteiger partial charge in [0.25, 0.3) is 11.8 Å². The fraction of sp³-hybridized carbons (Fsp3) is 0.174. The number of piperidine rings is 1. The van der Waals surface area contributed by atoms with E-state index in [0.29, 0.717) is 22.6 Å². The Bertz CT molecular complexity index is 1390. The van der Waals surface area contributed by atoms with Gasteiger partial charge >= 0.3 is 0 Å². The zero-order valence-electron chi connectivity index (χ0n) is 17.9. The normalized spacial score (nSPS) is 17.6. The molecule has 3 heterocycles. The van der Waals surface area contributed by atoms with Gasteiger partial charge in [-0.2, -0.15) is 0 Å². The maximum absolute atomic E-state index is 13.3. The number of amides is 5. The Morgan fingerprint density at radius 2 is 1.79 bits per heavy atom. The summed E-state index contributed by atoms with van der Waals surface area (Å²) < 4.78 is 1.37. The van der Waals surface area contributed by atoms with E-state index < -0.39 is 29.7 Å². The van der Waals surface area contributed by atoms with Gasteiger partial charge in [-0.15, -0.1) is 5.10 Å². The molecule has 2 aliphatic heterocycles. The van der Waals surface area contributed by atoms with Crippen LogP contribution in [0, 0.1) is 0 Å². The van der Waals surface area contributed by atoms with E-state index in [9.17, 15) is 24.0 Å². The number of carbonyl (C=O) groups excluding carboxylic acids is 5. The van der Waals surface area contributed by atoms with Crippen molar-refractivity contribution in [3.63, 3.8) is 0 Å². The fourth-order valence-electron chi connectivity index (χ4n) is 4.20. The lowest BCUT2D eigenvalue weighted by Gasteiger charge is -2.27. The summed E-state index contributed by atoms with van der Waals surface area (Å²) in [5.41, 5.74) is 2.19. The molecule has 0 aliphatic carbocycles. The van der Waals surface area contributed by atoms with Gasteiger partial charge in [0, 0.05) is 18.9 Å². The Morgan fingerprint density at radius 3 is 2.56 bits per heavy atom. The highest BCUT2D eigenvalue weighted by atomic mass is 16.2. The summed E-state index contributed by atoms with van der Waals surface area (Å²) in [5, 5.41) is 13.2. The molecule has 34 heavy (non-hydrogen) atoms. The van der Waals surface area contributed by atoms with Crippen LogP contribution in [-0.4, -0.2) is 55.5 Å². The van der Waals surface area contributed by atoms with Crippen LogP contribution in [0.3, 0.4) is 0 Å². The summed E-state index contributed by atoms with van der Waals surface area (Å²) in [6.45, 7) is 1.40. The van der Waals surface area contributed by atoms with E-state index in [0.717, 1.165) is 4.90 Å². The molecule has 11 nitrogen and oxygen atoms in total. The topological polar surface area (TPSA) is 143 Å². The number of para-hydroxylation sites is 1. The molecule has 3 aromatic rings. The van der Waals surface area contributed by atoms with Gasteiger partial charge < -0.3 is 5.32 Å². The average Bonchev–Trinajstić information content (AvgIpc) is 3.38. The smallest absolute Gasteiger partial charge is 0.264 e. The molecule has 1 saturated heterocycles. The van der Waals surface area contributed by atoms with E-state index >= 15 is 0 Å². The highest BCUT2D eigenvalue weighted by molar-refractivity contribution is 6.24. The Labute approximate surface area is 192 Å². The Morgan fingerprint density at radius 1 is 1.03 bits per heavy atom. The number of nitrogens with one attached hydrogen (secondary N) is 2. The first-order chi connectivity index (χ1) is 16.3. The lowest BCUT2D eigenvalue weighted by molar-refractivity contribution is -0.136. The molecular formula is C23H18N6O5. The van der Waals surface area contributed by atoms with E-state index in [1.807, 2.05) is 0 Å². The van der Waals surface area contributed by atoms with Crippen molar-refractivity contribution < 1.29 is 24.0 Å². The van der Waals surface area contributed by atoms with Crippen molar-refractivity contribution in [2.45, 2.75) is 25.8 Å². The highest BCUT2D eigenvalue weighted by Gasteiger charge is 2.45. The number of hydrogen-bond donors (Lipinski definition) is 2. The third-order valence-corrected chi connectivity index (χ3v) is 5.70. The van der Waals surface area contributed by atoms with Crippen LogP contribution >= 0.6 is 0 Å². The van der Waals surface area contributed by atoms with Crippen molar-refractivity contribution in [2.24, 2.45) is 0 Å². The van der Waals surface area contributed by atoms with Crippen molar-refractivity contribution in [1.29, 1.82) is 0 Å².